The van der Waals surface area contributed by atoms with Gasteiger partial charge in [0.1, 0.15) is 6.61 Å². The normalized spacial score (nSPS) is 10.8. The van der Waals surface area contributed by atoms with Gasteiger partial charge < -0.3 is 9.30 Å². The van der Waals surface area contributed by atoms with E-state index in [2.05, 4.69) is 33.4 Å². The van der Waals surface area contributed by atoms with E-state index in [4.69, 9.17) is 4.74 Å². The highest BCUT2D eigenvalue weighted by Gasteiger charge is 2.11. The first-order chi connectivity index (χ1) is 10.3. The number of nitrogens with zero attached hydrogens (tertiary/aromatic N) is 4. The van der Waals surface area contributed by atoms with Crippen molar-refractivity contribution in [1.82, 2.24) is 19.7 Å². The number of ether oxygens (including phenoxy) is 1. The number of aromatic nitrogens is 4. The van der Waals surface area contributed by atoms with Crippen LogP contribution in [0.25, 0.3) is 22.5 Å². The summed E-state index contributed by atoms with van der Waals surface area (Å²) in [6.07, 6.45) is 3.65. The number of hydrogen-bond donors (Lipinski definition) is 0. The molecule has 5 heteroatoms. The molecule has 0 saturated carbocycles. The zero-order valence-corrected chi connectivity index (χ0v) is 12.0. The summed E-state index contributed by atoms with van der Waals surface area (Å²) in [5.74, 6) is 1.57. The van der Waals surface area contributed by atoms with Gasteiger partial charge in [-0.25, -0.2) is 0 Å². The molecule has 0 aliphatic carbocycles. The van der Waals surface area contributed by atoms with Crippen molar-refractivity contribution in [3.05, 3.63) is 54.6 Å². The topological polar surface area (TPSA) is 52.8 Å². The van der Waals surface area contributed by atoms with Gasteiger partial charge in [-0.2, -0.15) is 0 Å². The second-order valence-corrected chi connectivity index (χ2v) is 4.76. The molecule has 0 amide bonds. The summed E-state index contributed by atoms with van der Waals surface area (Å²) in [5.41, 5.74) is 3.13. The van der Waals surface area contributed by atoms with E-state index in [0.717, 1.165) is 28.3 Å². The lowest BCUT2D eigenvalue weighted by Crippen LogP contribution is -2.01. The molecule has 0 aliphatic heterocycles. The van der Waals surface area contributed by atoms with Crippen molar-refractivity contribution in [1.29, 1.82) is 0 Å². The van der Waals surface area contributed by atoms with E-state index in [-0.39, 0.29) is 0 Å². The van der Waals surface area contributed by atoms with E-state index in [1.165, 1.54) is 0 Å². The van der Waals surface area contributed by atoms with E-state index in [0.29, 0.717) is 6.61 Å². The number of benzene rings is 1. The second kappa shape index (κ2) is 5.85. The zero-order valence-electron chi connectivity index (χ0n) is 12.0. The summed E-state index contributed by atoms with van der Waals surface area (Å²) < 4.78 is 7.04. The summed E-state index contributed by atoms with van der Waals surface area (Å²) in [6, 6.07) is 12.2. The highest BCUT2D eigenvalue weighted by molar-refractivity contribution is 5.68. The van der Waals surface area contributed by atoms with Crippen LogP contribution in [0.15, 0.2) is 48.8 Å². The Kier molecular flexibility index (Phi) is 3.75. The predicted molar refractivity (Wildman–Crippen MR) is 80.4 cm³/mol. The molecule has 2 heterocycles. The molecule has 106 valence electrons. The first kappa shape index (κ1) is 13.5. The molecule has 0 fully saturated rings. The van der Waals surface area contributed by atoms with Crippen LogP contribution in [0.3, 0.4) is 0 Å². The fourth-order valence-electron chi connectivity index (χ4n) is 2.22. The Hall–Kier alpha value is -2.53. The summed E-state index contributed by atoms with van der Waals surface area (Å²) in [4.78, 5) is 4.32. The van der Waals surface area contributed by atoms with Crippen molar-refractivity contribution < 1.29 is 4.74 Å². The van der Waals surface area contributed by atoms with E-state index in [9.17, 15) is 0 Å². The Bertz CT molecular complexity index is 737. The zero-order chi connectivity index (χ0) is 14.7. The number of pyridine rings is 1. The molecule has 0 N–H and O–H groups in total. The Morgan fingerprint density at radius 2 is 1.76 bits per heavy atom. The predicted octanol–water partition coefficient (Wildman–Crippen LogP) is 2.69. The van der Waals surface area contributed by atoms with Gasteiger partial charge in [0.15, 0.2) is 11.6 Å². The molecule has 3 rings (SSSR count). The van der Waals surface area contributed by atoms with E-state index < -0.39 is 0 Å². The van der Waals surface area contributed by atoms with Crippen LogP contribution >= 0.6 is 0 Å². The van der Waals surface area contributed by atoms with Crippen LogP contribution in [0.5, 0.6) is 0 Å². The molecule has 0 atom stereocenters. The fourth-order valence-corrected chi connectivity index (χ4v) is 2.22. The molecular formula is C16H16N4O. The third kappa shape index (κ3) is 2.68. The van der Waals surface area contributed by atoms with E-state index in [1.807, 2.05) is 36.0 Å². The molecule has 0 radical (unpaired) electrons. The van der Waals surface area contributed by atoms with Gasteiger partial charge in [-0.15, -0.1) is 10.2 Å². The maximum absolute atomic E-state index is 5.11. The van der Waals surface area contributed by atoms with Crippen molar-refractivity contribution in [3.63, 3.8) is 0 Å². The van der Waals surface area contributed by atoms with Crippen LogP contribution < -0.4 is 0 Å². The molecule has 21 heavy (non-hydrogen) atoms. The van der Waals surface area contributed by atoms with Crippen LogP contribution in [0.2, 0.25) is 0 Å². The van der Waals surface area contributed by atoms with Gasteiger partial charge in [-0.05, 0) is 11.6 Å². The first-order valence-corrected chi connectivity index (χ1v) is 6.67. The molecule has 0 bridgehead atoms. The van der Waals surface area contributed by atoms with Crippen molar-refractivity contribution in [2.45, 2.75) is 6.61 Å². The Labute approximate surface area is 123 Å². The van der Waals surface area contributed by atoms with Crippen LogP contribution in [0, 0.1) is 0 Å². The highest BCUT2D eigenvalue weighted by Crippen LogP contribution is 2.24. The van der Waals surface area contributed by atoms with Crippen molar-refractivity contribution in [2.75, 3.05) is 7.11 Å². The molecule has 0 saturated heterocycles. The minimum absolute atomic E-state index is 0.440. The Balaban J connectivity index is 2.00. The quantitative estimate of drug-likeness (QED) is 0.737. The molecule has 0 spiro atoms. The number of rotatable bonds is 4. The van der Waals surface area contributed by atoms with E-state index in [1.54, 1.807) is 13.3 Å². The van der Waals surface area contributed by atoms with Gasteiger partial charge in [0.2, 0.25) is 0 Å². The standard InChI is InChI=1S/C16H16N4O/c1-20-15(11-21-2)18-19-16(20)14-8-13(9-17-10-14)12-6-4-3-5-7-12/h3-10H,11H2,1-2H3. The van der Waals surface area contributed by atoms with Crippen LogP contribution in [0.1, 0.15) is 5.82 Å². The van der Waals surface area contributed by atoms with Gasteiger partial charge in [0.05, 0.1) is 0 Å². The molecule has 1 aromatic carbocycles. The van der Waals surface area contributed by atoms with Crippen molar-refractivity contribution in [2.24, 2.45) is 7.05 Å². The minimum atomic E-state index is 0.440. The lowest BCUT2D eigenvalue weighted by atomic mass is 10.1. The van der Waals surface area contributed by atoms with Gasteiger partial charge in [0, 0.05) is 37.7 Å². The number of methoxy groups -OCH3 is 1. The largest absolute Gasteiger partial charge is 0.377 e. The molecule has 3 aromatic rings. The van der Waals surface area contributed by atoms with Gasteiger partial charge in [-0.1, -0.05) is 30.3 Å². The molecule has 2 aromatic heterocycles. The third-order valence-corrected chi connectivity index (χ3v) is 3.34. The van der Waals surface area contributed by atoms with Crippen LogP contribution in [-0.4, -0.2) is 26.9 Å². The monoisotopic (exact) mass is 280 g/mol. The first-order valence-electron chi connectivity index (χ1n) is 6.67. The summed E-state index contributed by atoms with van der Waals surface area (Å²) in [7, 11) is 3.57. The minimum Gasteiger partial charge on any atom is -0.377 e. The maximum atomic E-state index is 5.11. The fraction of sp³-hybridized carbons (Fsp3) is 0.188. The summed E-state index contributed by atoms with van der Waals surface area (Å²) in [6.45, 7) is 0.440. The lowest BCUT2D eigenvalue weighted by molar-refractivity contribution is 0.175. The van der Waals surface area contributed by atoms with Crippen LogP contribution in [-0.2, 0) is 18.4 Å². The van der Waals surface area contributed by atoms with Crippen LogP contribution in [0.4, 0.5) is 0 Å². The smallest absolute Gasteiger partial charge is 0.165 e. The maximum Gasteiger partial charge on any atom is 0.165 e. The summed E-state index contributed by atoms with van der Waals surface area (Å²) in [5, 5.41) is 8.38. The van der Waals surface area contributed by atoms with Gasteiger partial charge >= 0.3 is 0 Å². The average Bonchev–Trinajstić information content (AvgIpc) is 2.90. The van der Waals surface area contributed by atoms with E-state index >= 15 is 0 Å². The molecule has 0 unspecified atom stereocenters. The lowest BCUT2D eigenvalue weighted by Gasteiger charge is -2.05. The average molecular weight is 280 g/mol. The Morgan fingerprint density at radius 3 is 2.52 bits per heavy atom. The molecule has 0 aliphatic rings. The SMILES string of the molecule is COCc1nnc(-c2cncc(-c3ccccc3)c2)n1C. The van der Waals surface area contributed by atoms with Gasteiger partial charge in [-0.3, -0.25) is 4.98 Å². The molecular weight excluding hydrogens is 264 g/mol. The van der Waals surface area contributed by atoms with Gasteiger partial charge in [0.25, 0.3) is 0 Å². The summed E-state index contributed by atoms with van der Waals surface area (Å²) >= 11 is 0. The third-order valence-electron chi connectivity index (χ3n) is 3.34. The Morgan fingerprint density at radius 1 is 1.00 bits per heavy atom. The second-order valence-electron chi connectivity index (χ2n) is 4.76. The van der Waals surface area contributed by atoms with Crippen molar-refractivity contribution >= 4 is 0 Å². The molecule has 5 nitrogen and oxygen atoms in total. The highest BCUT2D eigenvalue weighted by atomic mass is 16.5. The number of hydrogen-bond acceptors (Lipinski definition) is 4. The van der Waals surface area contributed by atoms with Crippen molar-refractivity contribution in [3.8, 4) is 22.5 Å².